The normalized spacial score (nSPS) is 17.0. The number of fused-ring (bicyclic) bond motifs is 1. The number of hydrogen-bond donors (Lipinski definition) is 1. The van der Waals surface area contributed by atoms with Gasteiger partial charge < -0.3 is 9.67 Å². The van der Waals surface area contributed by atoms with Gasteiger partial charge in [-0.15, -0.1) is 10.2 Å². The molecule has 0 aliphatic carbocycles. The van der Waals surface area contributed by atoms with Crippen LogP contribution in [0.15, 0.2) is 6.33 Å². The zero-order chi connectivity index (χ0) is 12.3. The van der Waals surface area contributed by atoms with E-state index in [-0.39, 0.29) is 12.4 Å². The van der Waals surface area contributed by atoms with E-state index in [0.717, 1.165) is 0 Å². The maximum Gasteiger partial charge on any atom is 0.214 e. The first kappa shape index (κ1) is 12.5. The van der Waals surface area contributed by atoms with Crippen LogP contribution in [0.5, 0.6) is 0 Å². The molecule has 1 aliphatic rings. The first-order valence-corrected chi connectivity index (χ1v) is 7.20. The summed E-state index contributed by atoms with van der Waals surface area (Å²) in [7, 11) is -3.24. The lowest BCUT2D eigenvalue weighted by Gasteiger charge is -2.26. The van der Waals surface area contributed by atoms with E-state index in [2.05, 4.69) is 10.2 Å². The Morgan fingerprint density at radius 3 is 2.94 bits per heavy atom. The number of unbranched alkanes of at least 4 members (excludes halogenated alkanes) is 1. The van der Waals surface area contributed by atoms with Crippen molar-refractivity contribution in [2.24, 2.45) is 0 Å². The molecule has 1 aromatic rings. The second-order valence-electron chi connectivity index (χ2n) is 4.02. The third-order valence-electron chi connectivity index (χ3n) is 2.81. The fourth-order valence-electron chi connectivity index (χ4n) is 1.81. The Morgan fingerprint density at radius 2 is 2.18 bits per heavy atom. The van der Waals surface area contributed by atoms with Crippen molar-refractivity contribution in [3.8, 4) is 0 Å². The number of hydrogen-bond acceptors (Lipinski definition) is 5. The van der Waals surface area contributed by atoms with E-state index in [1.165, 1.54) is 4.31 Å². The minimum atomic E-state index is -3.24. The number of sulfonamides is 1. The van der Waals surface area contributed by atoms with Crippen molar-refractivity contribution in [1.29, 1.82) is 0 Å². The predicted molar refractivity (Wildman–Crippen MR) is 60.5 cm³/mol. The monoisotopic (exact) mass is 260 g/mol. The van der Waals surface area contributed by atoms with Crippen LogP contribution in [0.2, 0.25) is 0 Å². The molecule has 0 atom stereocenters. The molecular weight excluding hydrogens is 244 g/mol. The zero-order valence-corrected chi connectivity index (χ0v) is 10.3. The highest BCUT2D eigenvalue weighted by atomic mass is 32.2. The Bertz CT molecular complexity index is 470. The largest absolute Gasteiger partial charge is 0.396 e. The molecule has 7 nitrogen and oxygen atoms in total. The molecule has 0 unspecified atom stereocenters. The Hall–Kier alpha value is -0.990. The minimum Gasteiger partial charge on any atom is -0.396 e. The number of aliphatic hydroxyl groups excluding tert-OH is 1. The van der Waals surface area contributed by atoms with E-state index in [1.807, 2.05) is 4.57 Å². The molecule has 2 rings (SSSR count). The van der Waals surface area contributed by atoms with Crippen LogP contribution in [0.4, 0.5) is 0 Å². The number of aromatic nitrogens is 3. The van der Waals surface area contributed by atoms with Crippen molar-refractivity contribution in [3.05, 3.63) is 12.2 Å². The summed E-state index contributed by atoms with van der Waals surface area (Å²) in [6.45, 7) is 1.39. The highest BCUT2D eigenvalue weighted by Gasteiger charge is 2.27. The first-order chi connectivity index (χ1) is 8.13. The summed E-state index contributed by atoms with van der Waals surface area (Å²) in [6, 6.07) is 0. The Labute approximate surface area is 100 Å². The van der Waals surface area contributed by atoms with E-state index >= 15 is 0 Å². The molecule has 0 aromatic carbocycles. The van der Waals surface area contributed by atoms with Crippen LogP contribution in [0.1, 0.15) is 18.7 Å². The topological polar surface area (TPSA) is 88.3 Å². The van der Waals surface area contributed by atoms with Crippen LogP contribution >= 0.6 is 0 Å². The number of rotatable bonds is 5. The second-order valence-corrected chi connectivity index (χ2v) is 6.11. The number of nitrogens with zero attached hydrogens (tertiary/aromatic N) is 4. The molecule has 8 heteroatoms. The van der Waals surface area contributed by atoms with Gasteiger partial charge in [0.15, 0.2) is 0 Å². The number of aliphatic hydroxyl groups is 1. The van der Waals surface area contributed by atoms with Gasteiger partial charge in [0.25, 0.3) is 0 Å². The van der Waals surface area contributed by atoms with E-state index in [4.69, 9.17) is 5.11 Å². The molecular formula is C9H16N4O3S. The van der Waals surface area contributed by atoms with Gasteiger partial charge in [-0.1, -0.05) is 0 Å². The van der Waals surface area contributed by atoms with Gasteiger partial charge in [-0.2, -0.15) is 4.31 Å². The van der Waals surface area contributed by atoms with E-state index in [9.17, 15) is 8.42 Å². The fourth-order valence-corrected chi connectivity index (χ4v) is 3.31. The molecule has 0 bridgehead atoms. The lowest BCUT2D eigenvalue weighted by Crippen LogP contribution is -2.39. The van der Waals surface area contributed by atoms with Crippen LogP contribution in [-0.4, -0.2) is 51.5 Å². The molecule has 0 saturated carbocycles. The average molecular weight is 260 g/mol. The van der Waals surface area contributed by atoms with Gasteiger partial charge in [0.2, 0.25) is 10.0 Å². The van der Waals surface area contributed by atoms with Crippen molar-refractivity contribution in [3.63, 3.8) is 0 Å². The van der Waals surface area contributed by atoms with Gasteiger partial charge >= 0.3 is 0 Å². The predicted octanol–water partition coefficient (Wildman–Crippen LogP) is -0.804. The Kier molecular flexibility index (Phi) is 3.75. The molecule has 0 spiro atoms. The third kappa shape index (κ3) is 2.82. The van der Waals surface area contributed by atoms with E-state index < -0.39 is 10.0 Å². The maximum atomic E-state index is 12.0. The lowest BCUT2D eigenvalue weighted by molar-refractivity contribution is 0.286. The van der Waals surface area contributed by atoms with Gasteiger partial charge in [-0.05, 0) is 12.8 Å². The van der Waals surface area contributed by atoms with Crippen molar-refractivity contribution in [2.45, 2.75) is 25.9 Å². The summed E-state index contributed by atoms with van der Waals surface area (Å²) in [4.78, 5) is 0. The van der Waals surface area contributed by atoms with Gasteiger partial charge in [-0.25, -0.2) is 8.42 Å². The first-order valence-electron chi connectivity index (χ1n) is 5.59. The quantitative estimate of drug-likeness (QED) is 0.700. The summed E-state index contributed by atoms with van der Waals surface area (Å²) in [5.41, 5.74) is 0. The van der Waals surface area contributed by atoms with Crippen LogP contribution in [0.25, 0.3) is 0 Å². The van der Waals surface area contributed by atoms with Crippen LogP contribution in [-0.2, 0) is 23.1 Å². The SMILES string of the molecule is O=S(=O)(CCCCO)N1CCn2cnnc2C1. The molecule has 0 saturated heterocycles. The smallest absolute Gasteiger partial charge is 0.214 e. The standard InChI is InChI=1S/C9H16N4O3S/c14-5-1-2-6-17(15,16)13-4-3-12-8-10-11-9(12)7-13/h8,14H,1-7H2. The molecule has 96 valence electrons. The van der Waals surface area contributed by atoms with Crippen molar-refractivity contribution < 1.29 is 13.5 Å². The van der Waals surface area contributed by atoms with Crippen LogP contribution in [0.3, 0.4) is 0 Å². The molecule has 0 amide bonds. The molecule has 1 N–H and O–H groups in total. The molecule has 0 fully saturated rings. The van der Waals surface area contributed by atoms with Crippen molar-refractivity contribution in [1.82, 2.24) is 19.1 Å². The van der Waals surface area contributed by atoms with Crippen molar-refractivity contribution in [2.75, 3.05) is 18.9 Å². The highest BCUT2D eigenvalue weighted by molar-refractivity contribution is 7.89. The Balaban J connectivity index is 2.00. The van der Waals surface area contributed by atoms with Gasteiger partial charge in [0, 0.05) is 19.7 Å². The zero-order valence-electron chi connectivity index (χ0n) is 9.49. The minimum absolute atomic E-state index is 0.0316. The van der Waals surface area contributed by atoms with Gasteiger partial charge in [0.1, 0.15) is 12.2 Å². The molecule has 0 radical (unpaired) electrons. The summed E-state index contributed by atoms with van der Waals surface area (Å²) in [5, 5.41) is 16.3. The van der Waals surface area contributed by atoms with Crippen LogP contribution in [0, 0.1) is 0 Å². The summed E-state index contributed by atoms with van der Waals surface area (Å²) < 4.78 is 27.3. The molecule has 2 heterocycles. The van der Waals surface area contributed by atoms with E-state index in [1.54, 1.807) is 6.33 Å². The average Bonchev–Trinajstić information content (AvgIpc) is 2.76. The molecule has 17 heavy (non-hydrogen) atoms. The van der Waals surface area contributed by atoms with Gasteiger partial charge in [0.05, 0.1) is 12.3 Å². The Morgan fingerprint density at radius 1 is 1.35 bits per heavy atom. The lowest BCUT2D eigenvalue weighted by atomic mass is 10.4. The van der Waals surface area contributed by atoms with Crippen LogP contribution < -0.4 is 0 Å². The molecule has 1 aliphatic heterocycles. The fraction of sp³-hybridized carbons (Fsp3) is 0.778. The maximum absolute atomic E-state index is 12.0. The second kappa shape index (κ2) is 5.11. The highest BCUT2D eigenvalue weighted by Crippen LogP contribution is 2.14. The van der Waals surface area contributed by atoms with E-state index in [0.29, 0.717) is 38.3 Å². The third-order valence-corrected chi connectivity index (χ3v) is 4.71. The summed E-state index contributed by atoms with van der Waals surface area (Å²) >= 11 is 0. The van der Waals surface area contributed by atoms with Gasteiger partial charge in [-0.3, -0.25) is 0 Å². The summed E-state index contributed by atoms with van der Waals surface area (Å²) in [5.74, 6) is 0.767. The van der Waals surface area contributed by atoms with Crippen molar-refractivity contribution >= 4 is 10.0 Å². The summed E-state index contributed by atoms with van der Waals surface area (Å²) in [6.07, 6.45) is 2.62. The molecule has 1 aromatic heterocycles.